The minimum absolute atomic E-state index is 0. The van der Waals surface area contributed by atoms with E-state index < -0.39 is 48.4 Å². The van der Waals surface area contributed by atoms with Gasteiger partial charge in [0.1, 0.15) is 28.8 Å². The van der Waals surface area contributed by atoms with Crippen molar-refractivity contribution in [3.63, 3.8) is 0 Å². The third-order valence-electron chi connectivity index (χ3n) is 21.6. The number of rotatable bonds is 27. The van der Waals surface area contributed by atoms with Crippen molar-refractivity contribution in [1.82, 2.24) is 26.6 Å². The number of hydrogen-bond acceptors (Lipinski definition) is 11. The van der Waals surface area contributed by atoms with Crippen LogP contribution in [0, 0.1) is 19.7 Å². The molecule has 0 fully saturated rings. The molecule has 28 heteroatoms. The van der Waals surface area contributed by atoms with Crippen LogP contribution in [0.4, 0.5) is 4.39 Å². The second-order valence-corrected chi connectivity index (χ2v) is 82.6. The minimum atomic E-state index is -1.69. The molecule has 0 aromatic heterocycles. The normalized spacial score (nSPS) is 12.5. The van der Waals surface area contributed by atoms with Gasteiger partial charge in [-0.1, -0.05) is 340 Å². The van der Waals surface area contributed by atoms with E-state index in [1.165, 1.54) is 81.4 Å². The molecule has 0 aliphatic heterocycles. The van der Waals surface area contributed by atoms with Crippen molar-refractivity contribution in [2.24, 2.45) is 0 Å². The number of ether oxygens (including phenoxy) is 1. The van der Waals surface area contributed by atoms with E-state index in [1.807, 2.05) is 30.3 Å². The highest BCUT2D eigenvalue weighted by atomic mass is 35.5. The molecule has 0 bridgehead atoms. The number of methoxy groups -OCH3 is 1. The SMILES string of the molecule is CC(C)(C)NCc1cc(F)ccc1Pc1cc([Si](C)(C)C)cc([Si](C)(C)C)c1O.CC(C)(C)NCc1ccccc1Pc1cc([Si](C)(C)C)cc([Si](C)(C)C)c1O.COc1cccc(Pc2ccccc2CNC(C)(C)C)c1O.Cc1ccc(Pc2cc([Si](C)(C)C)ccc2O)c(CNC(C)(C)C)c1.Cc1cccc(CNC(C)(C)C)c1Pc1cccc([Si](C)(C)C)c1O.Cl.Cl.Cl.Cl.Cl. The molecule has 0 radical (unpaired) electrons. The second kappa shape index (κ2) is 53.6. The highest BCUT2D eigenvalue weighted by Gasteiger charge is 2.31. The fourth-order valence-electron chi connectivity index (χ4n) is 13.6. The van der Waals surface area contributed by atoms with Crippen LogP contribution in [0.15, 0.2) is 182 Å². The fourth-order valence-corrected chi connectivity index (χ4v) is 28.8. The van der Waals surface area contributed by atoms with E-state index in [1.54, 1.807) is 19.2 Å². The maximum Gasteiger partial charge on any atom is 0.165 e. The summed E-state index contributed by atoms with van der Waals surface area (Å²) in [7, 11) is -5.57. The fraction of sp³-hybridized carbons (Fsp3) is 0.434. The van der Waals surface area contributed by atoms with E-state index in [0.717, 1.165) is 73.9 Å². The Morgan fingerprint density at radius 2 is 0.604 bits per heavy atom. The lowest BCUT2D eigenvalue weighted by Crippen LogP contribution is -2.47. The van der Waals surface area contributed by atoms with Crippen molar-refractivity contribution in [2.45, 2.75) is 296 Å². The third-order valence-corrected chi connectivity index (χ3v) is 41.0. The quantitative estimate of drug-likeness (QED) is 0.0176. The average Bonchev–Trinajstić information content (AvgIpc) is 0.626. The van der Waals surface area contributed by atoms with Gasteiger partial charge in [-0.25, -0.2) is 4.39 Å². The van der Waals surface area contributed by atoms with E-state index in [9.17, 15) is 29.9 Å². The number of phenols is 5. The van der Waals surface area contributed by atoms with Crippen LogP contribution in [0.5, 0.6) is 34.5 Å². The predicted molar refractivity (Wildman–Crippen MR) is 634 cm³/mol. The van der Waals surface area contributed by atoms with Gasteiger partial charge in [-0.2, -0.15) is 0 Å². The van der Waals surface area contributed by atoms with Crippen LogP contribution >= 0.6 is 105 Å². The summed E-state index contributed by atoms with van der Waals surface area (Å²) in [6.07, 6.45) is 0. The van der Waals surface area contributed by atoms with Crippen molar-refractivity contribution < 1.29 is 34.7 Å². The summed E-state index contributed by atoms with van der Waals surface area (Å²) in [5.41, 5.74) is 9.06. The molecule has 10 aromatic rings. The first-order valence-electron chi connectivity index (χ1n) is 45.6. The van der Waals surface area contributed by atoms with E-state index in [4.69, 9.17) is 4.74 Å². The Hall–Kier alpha value is -4.37. The first-order valence-corrected chi connectivity index (χ1v) is 71.6. The molecule has 0 aliphatic carbocycles. The zero-order valence-corrected chi connectivity index (χ0v) is 103. The lowest BCUT2D eigenvalue weighted by atomic mass is 10.1. The number of halogens is 6. The summed E-state index contributed by atoms with van der Waals surface area (Å²) in [6.45, 7) is 82.7. The van der Waals surface area contributed by atoms with Gasteiger partial charge in [0.25, 0.3) is 0 Å². The van der Waals surface area contributed by atoms with Gasteiger partial charge in [-0.3, -0.25) is 0 Å². The lowest BCUT2D eigenvalue weighted by Gasteiger charge is -2.26. The van der Waals surface area contributed by atoms with E-state index >= 15 is 0 Å². The largest absolute Gasteiger partial charge is 0.507 e. The molecule has 134 heavy (non-hydrogen) atoms. The molecule has 10 N–H and O–H groups in total. The molecule has 0 spiro atoms. The lowest BCUT2D eigenvalue weighted by molar-refractivity contribution is 0.375. The summed E-state index contributed by atoms with van der Waals surface area (Å²) in [5, 5.41) is 90.7. The second-order valence-electron chi connectivity index (χ2n) is 45.7. The molecule has 744 valence electrons. The molecule has 0 amide bonds. The molecular formula is C106H168Cl5FN5O6P5Si6. The smallest absolute Gasteiger partial charge is 0.165 e. The van der Waals surface area contributed by atoms with Crippen LogP contribution < -0.4 is 115 Å². The Morgan fingerprint density at radius 1 is 0.284 bits per heavy atom. The summed E-state index contributed by atoms with van der Waals surface area (Å²) in [5.74, 6) is 2.46. The predicted octanol–water partition coefficient (Wildman–Crippen LogP) is 20.7. The Kier molecular flexibility index (Phi) is 51.1. The van der Waals surface area contributed by atoms with Crippen molar-refractivity contribution in [3.8, 4) is 34.5 Å². The highest BCUT2D eigenvalue weighted by Crippen LogP contribution is 2.32. The van der Waals surface area contributed by atoms with Gasteiger partial charge in [-0.15, -0.1) is 62.0 Å². The highest BCUT2D eigenvalue weighted by molar-refractivity contribution is 7.57. The molecule has 10 rings (SSSR count). The molecule has 0 heterocycles. The van der Waals surface area contributed by atoms with Crippen LogP contribution in [-0.2, 0) is 32.7 Å². The number of aromatic hydroxyl groups is 5. The zero-order chi connectivity index (χ0) is 97.3. The van der Waals surface area contributed by atoms with Crippen molar-refractivity contribution >= 4 is 238 Å². The summed E-state index contributed by atoms with van der Waals surface area (Å²) in [4.78, 5) is 0. The van der Waals surface area contributed by atoms with Gasteiger partial charge >= 0.3 is 0 Å². The maximum absolute atomic E-state index is 14.0. The van der Waals surface area contributed by atoms with Gasteiger partial charge in [0, 0.05) is 86.9 Å². The first kappa shape index (κ1) is 128. The maximum atomic E-state index is 14.0. The molecular weight excluding hydrogens is 1960 g/mol. The zero-order valence-electron chi connectivity index (χ0n) is 87.4. The number of nitrogens with one attached hydrogen (secondary N) is 5. The average molecular weight is 2130 g/mol. The summed E-state index contributed by atoms with van der Waals surface area (Å²) >= 11 is 0. The third kappa shape index (κ3) is 42.8. The molecule has 5 atom stereocenters. The van der Waals surface area contributed by atoms with Crippen LogP contribution in [0.1, 0.15) is 143 Å². The van der Waals surface area contributed by atoms with E-state index in [2.05, 4.69) is 396 Å². The number of hydrogen-bond donors (Lipinski definition) is 10. The number of aryl methyl sites for hydroxylation is 2. The van der Waals surface area contributed by atoms with Crippen LogP contribution in [0.25, 0.3) is 0 Å². The van der Waals surface area contributed by atoms with Gasteiger partial charge in [0.05, 0.1) is 55.6 Å². The minimum Gasteiger partial charge on any atom is -0.507 e. The number of benzene rings is 10. The van der Waals surface area contributed by atoms with E-state index in [0.29, 0.717) is 78.2 Å². The van der Waals surface area contributed by atoms with Gasteiger partial charge < -0.3 is 56.9 Å². The van der Waals surface area contributed by atoms with Crippen molar-refractivity contribution in [3.05, 3.63) is 227 Å². The monoisotopic (exact) mass is 2120 g/mol. The Labute approximate surface area is 855 Å². The van der Waals surface area contributed by atoms with Gasteiger partial charge in [-0.05, 0) is 217 Å². The van der Waals surface area contributed by atoms with Crippen LogP contribution in [0.2, 0.25) is 118 Å². The summed E-state index contributed by atoms with van der Waals surface area (Å²) in [6, 6.07) is 62.3. The van der Waals surface area contributed by atoms with Crippen molar-refractivity contribution in [2.75, 3.05) is 7.11 Å². The van der Waals surface area contributed by atoms with E-state index in [-0.39, 0.29) is 101 Å². The van der Waals surface area contributed by atoms with Crippen LogP contribution in [0.3, 0.4) is 0 Å². The first-order chi connectivity index (χ1) is 59.1. The Morgan fingerprint density at radius 3 is 1.01 bits per heavy atom. The molecule has 0 saturated heterocycles. The molecule has 0 saturated carbocycles. The summed E-state index contributed by atoms with van der Waals surface area (Å²) < 4.78 is 19.2. The number of phenolic OH excluding ortho intramolecular Hbond substituents is 5. The topological polar surface area (TPSA) is 171 Å². The number of para-hydroxylation sites is 2. The molecule has 5 unspecified atom stereocenters. The van der Waals surface area contributed by atoms with Gasteiger partial charge in [0.2, 0.25) is 0 Å². The Bertz CT molecular complexity index is 5380. The molecule has 11 nitrogen and oxygen atoms in total. The molecule has 0 aliphatic rings. The molecule has 10 aromatic carbocycles. The van der Waals surface area contributed by atoms with Crippen LogP contribution in [-0.4, -0.2) is 109 Å². The Balaban J connectivity index is 0.000000832. The van der Waals surface area contributed by atoms with Crippen molar-refractivity contribution in [1.29, 1.82) is 0 Å². The van der Waals surface area contributed by atoms with Gasteiger partial charge in [0.15, 0.2) is 11.5 Å². The standard InChI is InChI=1S/C23H37FNOPSi2.C23H38NOPSi2.2C21H32NOPSi.C18H24NO2P.5ClH/c1-23(2,3)25-15-16-12-17(24)10-11-19(16)27-20-13-18(28(4,5)6)14-21(22(20)26)29(7,8)9;1-23(2,3)24-16-17-12-10-11-13-19(17)26-20-14-18(27(4,5)6)15-21(22(20)25)28(7,8)9;1-15-8-11-19(16(12-15)14-22-21(2,3)4)24-20-13-17(25(5,6)7)9-10-18(20)23;1-15-10-8-11-16(14-22-21(2,3)4)20(15)24-17-12-9-13-18(19(17)23)25(5,6)7;1-18(2,3)19-12-13-8-5-6-10-15(13)22-16-11-7-9-14(21-4)17(16)20;;;;;/h10-14,25-27H,15H2,1-9H3;10-15,24-26H,16H2,1-9H3;2*8-13,22-24H,14H2,1-7H3;5-11,19-20,22H,12H2,1-4H3;5*1H.